The Balaban J connectivity index is 3.26. The van der Waals surface area contributed by atoms with E-state index in [0.29, 0.717) is 6.61 Å². The Morgan fingerprint density at radius 1 is 0.917 bits per heavy atom. The van der Waals surface area contributed by atoms with Gasteiger partial charge in [0, 0.05) is 6.54 Å². The Morgan fingerprint density at radius 3 is 2.08 bits per heavy atom. The molecule has 0 radical (unpaired) electrons. The van der Waals surface area contributed by atoms with Crippen molar-refractivity contribution in [2.24, 2.45) is 0 Å². The van der Waals surface area contributed by atoms with Crippen molar-refractivity contribution in [2.75, 3.05) is 19.8 Å². The summed E-state index contributed by atoms with van der Waals surface area (Å²) in [7, 11) is 0. The van der Waals surface area contributed by atoms with Crippen LogP contribution < -0.4 is 5.32 Å². The lowest BCUT2D eigenvalue weighted by Gasteiger charge is -2.06. The first-order valence-corrected chi connectivity index (χ1v) is 9.20. The molecule has 0 saturated heterocycles. The highest BCUT2D eigenvalue weighted by molar-refractivity contribution is 5.71. The quantitative estimate of drug-likeness (QED) is 0.276. The Kier molecular flexibility index (Phi) is 16.4. The second-order valence-corrected chi connectivity index (χ2v) is 5.86. The third-order valence-electron chi connectivity index (χ3n) is 3.65. The highest BCUT2D eigenvalue weighted by atomic mass is 16.5. The van der Waals surface area contributed by atoms with Crippen LogP contribution in [0.25, 0.3) is 0 Å². The molecule has 0 saturated carbocycles. The fourth-order valence-electron chi connectivity index (χ4n) is 2.27. The zero-order chi connectivity index (χ0) is 17.9. The Labute approximate surface area is 146 Å². The van der Waals surface area contributed by atoms with Crippen LogP contribution in [-0.4, -0.2) is 31.8 Å². The number of unbranched alkanes of at least 4 members (excludes halogenated alkanes) is 9. The van der Waals surface area contributed by atoms with Crippen LogP contribution in [0.5, 0.6) is 0 Å². The van der Waals surface area contributed by atoms with Gasteiger partial charge in [-0.05, 0) is 6.42 Å². The van der Waals surface area contributed by atoms with Gasteiger partial charge in [0.15, 0.2) is 6.61 Å². The Bertz CT molecular complexity index is 363. The summed E-state index contributed by atoms with van der Waals surface area (Å²) in [5, 5.41) is 2.43. The number of carbonyl (C=O) groups is 2. The lowest BCUT2D eigenvalue weighted by atomic mass is 10.1. The van der Waals surface area contributed by atoms with E-state index in [0.717, 1.165) is 12.8 Å². The number of nitrogens with one attached hydrogen (secondary N) is 1. The van der Waals surface area contributed by atoms with Gasteiger partial charge in [0.25, 0.3) is 0 Å². The second-order valence-electron chi connectivity index (χ2n) is 5.86. The average molecular weight is 339 g/mol. The molecule has 5 heteroatoms. The number of rotatable bonds is 15. The third kappa shape index (κ3) is 16.7. The molecule has 0 aromatic carbocycles. The van der Waals surface area contributed by atoms with E-state index in [1.54, 1.807) is 0 Å². The first kappa shape index (κ1) is 22.3. The van der Waals surface area contributed by atoms with Gasteiger partial charge < -0.3 is 14.8 Å². The first-order valence-electron chi connectivity index (χ1n) is 9.20. The van der Waals surface area contributed by atoms with E-state index in [1.807, 2.05) is 0 Å². The summed E-state index contributed by atoms with van der Waals surface area (Å²) in [5.41, 5.74) is 0. The molecule has 138 valence electrons. The molecule has 1 N–H and O–H groups in total. The van der Waals surface area contributed by atoms with Gasteiger partial charge in [-0.25, -0.2) is 4.79 Å². The van der Waals surface area contributed by atoms with Crippen molar-refractivity contribution in [3.63, 3.8) is 0 Å². The minimum Gasteiger partial charge on any atom is -0.466 e. The van der Waals surface area contributed by atoms with Crippen LogP contribution in [0.4, 0.5) is 4.79 Å². The van der Waals surface area contributed by atoms with Gasteiger partial charge >= 0.3 is 12.1 Å². The minimum atomic E-state index is -0.615. The minimum absolute atomic E-state index is 0.0744. The lowest BCUT2D eigenvalue weighted by Crippen LogP contribution is -2.27. The molecule has 0 aromatic rings. The van der Waals surface area contributed by atoms with Crippen LogP contribution in [-0.2, 0) is 14.3 Å². The summed E-state index contributed by atoms with van der Waals surface area (Å²) < 4.78 is 9.72. The maximum atomic E-state index is 11.5. The molecule has 0 aliphatic carbocycles. The number of carbonyl (C=O) groups excluding carboxylic acids is 2. The fourth-order valence-corrected chi connectivity index (χ4v) is 2.27. The summed E-state index contributed by atoms with van der Waals surface area (Å²) in [6, 6.07) is 0. The number of amides is 1. The van der Waals surface area contributed by atoms with Crippen molar-refractivity contribution < 1.29 is 19.1 Å². The molecule has 24 heavy (non-hydrogen) atoms. The maximum Gasteiger partial charge on any atom is 0.408 e. The molecule has 0 rings (SSSR count). The van der Waals surface area contributed by atoms with Crippen LogP contribution in [0.2, 0.25) is 0 Å². The second kappa shape index (κ2) is 17.7. The molecule has 5 nitrogen and oxygen atoms in total. The van der Waals surface area contributed by atoms with Gasteiger partial charge in [-0.15, -0.1) is 6.42 Å². The fraction of sp³-hybridized carbons (Fsp3) is 0.789. The van der Waals surface area contributed by atoms with Crippen LogP contribution in [0, 0.1) is 12.3 Å². The van der Waals surface area contributed by atoms with E-state index in [9.17, 15) is 9.59 Å². The van der Waals surface area contributed by atoms with Crippen LogP contribution in [0.15, 0.2) is 0 Å². The average Bonchev–Trinajstić information content (AvgIpc) is 2.57. The van der Waals surface area contributed by atoms with E-state index in [2.05, 4.69) is 22.9 Å². The van der Waals surface area contributed by atoms with Gasteiger partial charge in [0.1, 0.15) is 0 Å². The molecule has 0 spiro atoms. The number of hydrogen-bond donors (Lipinski definition) is 1. The van der Waals surface area contributed by atoms with Crippen LogP contribution >= 0.6 is 0 Å². The van der Waals surface area contributed by atoms with Gasteiger partial charge in [-0.3, -0.25) is 4.79 Å². The number of alkyl carbamates (subject to hydrolysis) is 1. The summed E-state index contributed by atoms with van der Waals surface area (Å²) in [6.45, 7) is 2.81. The third-order valence-corrected chi connectivity index (χ3v) is 3.65. The molecule has 0 bridgehead atoms. The molecule has 0 aliphatic heterocycles. The molecule has 0 atom stereocenters. The van der Waals surface area contributed by atoms with E-state index in [-0.39, 0.29) is 25.5 Å². The van der Waals surface area contributed by atoms with Crippen LogP contribution in [0.3, 0.4) is 0 Å². The smallest absolute Gasteiger partial charge is 0.408 e. The standard InChI is InChI=1S/C19H33NO4/c1-3-5-6-7-8-9-10-11-12-13-17-23-18(21)14-15-20-19(22)24-16-4-2/h2H,3,5-17H2,1H3,(H,20,22). The molecule has 0 fully saturated rings. The topological polar surface area (TPSA) is 64.6 Å². The van der Waals surface area contributed by atoms with Crippen molar-refractivity contribution in [1.29, 1.82) is 0 Å². The lowest BCUT2D eigenvalue weighted by molar-refractivity contribution is -0.143. The van der Waals surface area contributed by atoms with Gasteiger partial charge in [0.2, 0.25) is 0 Å². The van der Waals surface area contributed by atoms with Gasteiger partial charge in [-0.1, -0.05) is 70.6 Å². The van der Waals surface area contributed by atoms with Crippen molar-refractivity contribution >= 4 is 12.1 Å². The summed E-state index contributed by atoms with van der Waals surface area (Å²) >= 11 is 0. The van der Waals surface area contributed by atoms with Crippen molar-refractivity contribution in [3.05, 3.63) is 0 Å². The predicted molar refractivity (Wildman–Crippen MR) is 95.6 cm³/mol. The number of hydrogen-bond acceptors (Lipinski definition) is 4. The van der Waals surface area contributed by atoms with E-state index in [1.165, 1.54) is 51.4 Å². The Morgan fingerprint density at radius 2 is 1.50 bits per heavy atom. The summed E-state index contributed by atoms with van der Waals surface area (Å²) in [4.78, 5) is 22.5. The van der Waals surface area contributed by atoms with E-state index >= 15 is 0 Å². The summed E-state index contributed by atoms with van der Waals surface area (Å²) in [5.74, 6) is 1.88. The Hall–Kier alpha value is -1.70. The number of ether oxygens (including phenoxy) is 2. The number of esters is 1. The van der Waals surface area contributed by atoms with Gasteiger partial charge in [-0.2, -0.15) is 0 Å². The van der Waals surface area contributed by atoms with Crippen molar-refractivity contribution in [1.82, 2.24) is 5.32 Å². The molecular weight excluding hydrogens is 306 g/mol. The highest BCUT2D eigenvalue weighted by Gasteiger charge is 2.05. The van der Waals surface area contributed by atoms with Crippen molar-refractivity contribution in [2.45, 2.75) is 77.6 Å². The SMILES string of the molecule is C#CCOC(=O)NCCC(=O)OCCCCCCCCCCCC. The number of terminal acetylenes is 1. The maximum absolute atomic E-state index is 11.5. The largest absolute Gasteiger partial charge is 0.466 e. The molecule has 0 heterocycles. The molecular formula is C19H33NO4. The van der Waals surface area contributed by atoms with Crippen LogP contribution in [0.1, 0.15) is 77.6 Å². The van der Waals surface area contributed by atoms with Gasteiger partial charge in [0.05, 0.1) is 13.0 Å². The first-order chi connectivity index (χ1) is 11.7. The molecule has 0 unspecified atom stereocenters. The summed E-state index contributed by atoms with van der Waals surface area (Å²) in [6.07, 6.45) is 17.0. The zero-order valence-electron chi connectivity index (χ0n) is 15.1. The predicted octanol–water partition coefficient (Wildman–Crippen LogP) is 4.20. The highest BCUT2D eigenvalue weighted by Crippen LogP contribution is 2.10. The van der Waals surface area contributed by atoms with Crippen molar-refractivity contribution in [3.8, 4) is 12.3 Å². The molecule has 0 aromatic heterocycles. The van der Waals surface area contributed by atoms with E-state index < -0.39 is 6.09 Å². The monoisotopic (exact) mass is 339 g/mol. The van der Waals surface area contributed by atoms with E-state index in [4.69, 9.17) is 11.2 Å². The normalized spacial score (nSPS) is 10.0. The molecule has 1 amide bonds. The zero-order valence-corrected chi connectivity index (χ0v) is 15.1. The molecule has 0 aliphatic rings.